The van der Waals surface area contributed by atoms with E-state index >= 15 is 0 Å². The van der Waals surface area contributed by atoms with Crippen molar-refractivity contribution in [3.8, 4) is 0 Å². The Morgan fingerprint density at radius 2 is 1.70 bits per heavy atom. The molecule has 1 rings (SSSR count). The van der Waals surface area contributed by atoms with Crippen LogP contribution in [0.3, 0.4) is 0 Å². The Hall–Kier alpha value is 0.0649. The molecule has 3 unspecified atom stereocenters. The van der Waals surface area contributed by atoms with Crippen molar-refractivity contribution in [1.82, 2.24) is 0 Å². The Balaban J connectivity index is 2.22. The lowest BCUT2D eigenvalue weighted by atomic mass is 9.49. The summed E-state index contributed by atoms with van der Waals surface area (Å²) >= 11 is 0. The lowest BCUT2D eigenvalue weighted by molar-refractivity contribution is 0.400. The molecule has 117 valence electrons. The van der Waals surface area contributed by atoms with Gasteiger partial charge in [-0.05, 0) is 5.92 Å². The summed E-state index contributed by atoms with van der Waals surface area (Å²) in [4.78, 5) is 0. The molecule has 1 fully saturated rings. The number of rotatable bonds is 9. The fourth-order valence-electron chi connectivity index (χ4n) is 3.83. The molecule has 0 bridgehead atoms. The molecule has 1 aliphatic rings. The van der Waals surface area contributed by atoms with Crippen LogP contribution in [0.2, 0.25) is 11.6 Å². The molecular weight excluding hydrogens is 239 g/mol. The van der Waals surface area contributed by atoms with Gasteiger partial charge in [-0.15, -0.1) is 0 Å². The molecular formula is C19H38B. The highest BCUT2D eigenvalue weighted by Crippen LogP contribution is 2.34. The van der Waals surface area contributed by atoms with Crippen molar-refractivity contribution in [1.29, 1.82) is 0 Å². The Morgan fingerprint density at radius 1 is 0.950 bits per heavy atom. The molecule has 0 heterocycles. The van der Waals surface area contributed by atoms with Crippen molar-refractivity contribution in [2.45, 2.75) is 116 Å². The standard InChI is InChI=1S/C19H38B/c1-4-6-7-8-11-14-18(5-2)20-19-15-12-9-10-13-17(3)16-19/h17-19H,4-16H2,1-3H3. The second kappa shape index (κ2) is 11.7. The summed E-state index contributed by atoms with van der Waals surface area (Å²) in [5.74, 6) is 2.78. The van der Waals surface area contributed by atoms with Crippen LogP contribution >= 0.6 is 0 Å². The predicted octanol–water partition coefficient (Wildman–Crippen LogP) is 7.03. The number of hydrogen-bond donors (Lipinski definition) is 0. The maximum Gasteiger partial charge on any atom is 0.117 e. The molecule has 20 heavy (non-hydrogen) atoms. The first-order valence-electron chi connectivity index (χ1n) is 9.61. The smallest absolute Gasteiger partial charge is 0.0688 e. The highest BCUT2D eigenvalue weighted by Gasteiger charge is 2.20. The monoisotopic (exact) mass is 277 g/mol. The zero-order valence-corrected chi connectivity index (χ0v) is 14.5. The molecule has 1 heteroatoms. The van der Waals surface area contributed by atoms with Crippen molar-refractivity contribution < 1.29 is 0 Å². The third kappa shape index (κ3) is 8.37. The first kappa shape index (κ1) is 18.1. The van der Waals surface area contributed by atoms with Crippen LogP contribution in [0.25, 0.3) is 0 Å². The van der Waals surface area contributed by atoms with Gasteiger partial charge in [-0.1, -0.05) is 116 Å². The predicted molar refractivity (Wildman–Crippen MR) is 93.8 cm³/mol. The average molecular weight is 277 g/mol. The van der Waals surface area contributed by atoms with E-state index in [4.69, 9.17) is 0 Å². The van der Waals surface area contributed by atoms with Gasteiger partial charge in [0.25, 0.3) is 0 Å². The van der Waals surface area contributed by atoms with E-state index in [0.29, 0.717) is 0 Å². The Bertz CT molecular complexity index is 214. The Labute approximate surface area is 129 Å². The SMILES string of the molecule is CCCCCCCC([B]C1CCCCCC(C)C1)CC. The van der Waals surface area contributed by atoms with Crippen LogP contribution in [-0.4, -0.2) is 7.28 Å². The van der Waals surface area contributed by atoms with Crippen molar-refractivity contribution in [2.75, 3.05) is 0 Å². The second-order valence-electron chi connectivity index (χ2n) is 7.30. The molecule has 1 aliphatic carbocycles. The Morgan fingerprint density at radius 3 is 2.45 bits per heavy atom. The van der Waals surface area contributed by atoms with Crippen LogP contribution in [0.1, 0.15) is 104 Å². The minimum absolute atomic E-state index is 0.897. The fraction of sp³-hybridized carbons (Fsp3) is 1.00. The van der Waals surface area contributed by atoms with Crippen molar-refractivity contribution >= 4 is 7.28 Å². The molecule has 0 aromatic heterocycles. The summed E-state index contributed by atoms with van der Waals surface area (Å²) in [6.07, 6.45) is 18.8. The van der Waals surface area contributed by atoms with E-state index in [2.05, 4.69) is 28.1 Å². The van der Waals surface area contributed by atoms with E-state index in [-0.39, 0.29) is 0 Å². The first-order valence-corrected chi connectivity index (χ1v) is 9.61. The van der Waals surface area contributed by atoms with E-state index in [1.807, 2.05) is 0 Å². The first-order chi connectivity index (χ1) is 9.76. The molecule has 0 aromatic rings. The summed E-state index contributed by atoms with van der Waals surface area (Å²) in [5.41, 5.74) is 0. The van der Waals surface area contributed by atoms with Crippen molar-refractivity contribution in [3.05, 3.63) is 0 Å². The lowest BCUT2D eigenvalue weighted by Crippen LogP contribution is -2.15. The van der Waals surface area contributed by atoms with Crippen LogP contribution in [0, 0.1) is 5.92 Å². The zero-order chi connectivity index (χ0) is 14.6. The van der Waals surface area contributed by atoms with Crippen LogP contribution in [0.5, 0.6) is 0 Å². The topological polar surface area (TPSA) is 0 Å². The molecule has 0 aliphatic heterocycles. The Kier molecular flexibility index (Phi) is 10.6. The van der Waals surface area contributed by atoms with Gasteiger partial charge in [-0.2, -0.15) is 0 Å². The van der Waals surface area contributed by atoms with Gasteiger partial charge in [0, 0.05) is 0 Å². The molecule has 0 spiro atoms. The van der Waals surface area contributed by atoms with Gasteiger partial charge >= 0.3 is 0 Å². The summed E-state index contributed by atoms with van der Waals surface area (Å²) in [5, 5.41) is 0. The fourth-order valence-corrected chi connectivity index (χ4v) is 3.83. The summed E-state index contributed by atoms with van der Waals surface area (Å²) in [7, 11) is 2.77. The molecule has 0 nitrogen and oxygen atoms in total. The van der Waals surface area contributed by atoms with Gasteiger partial charge in [-0.3, -0.25) is 0 Å². The molecule has 0 amide bonds. The molecule has 1 saturated carbocycles. The van der Waals surface area contributed by atoms with Gasteiger partial charge in [0.05, 0.1) is 0 Å². The van der Waals surface area contributed by atoms with E-state index in [9.17, 15) is 0 Å². The maximum absolute atomic E-state index is 2.77. The molecule has 0 saturated heterocycles. The maximum atomic E-state index is 2.77. The van der Waals surface area contributed by atoms with Gasteiger partial charge < -0.3 is 0 Å². The molecule has 3 atom stereocenters. The van der Waals surface area contributed by atoms with Crippen LogP contribution < -0.4 is 0 Å². The highest BCUT2D eigenvalue weighted by molar-refractivity contribution is 6.39. The second-order valence-corrected chi connectivity index (χ2v) is 7.30. The average Bonchev–Trinajstić information content (AvgIpc) is 2.42. The van der Waals surface area contributed by atoms with E-state index in [1.54, 1.807) is 0 Å². The van der Waals surface area contributed by atoms with Crippen molar-refractivity contribution in [3.63, 3.8) is 0 Å². The molecule has 0 aromatic carbocycles. The normalized spacial score (nSPS) is 25.8. The van der Waals surface area contributed by atoms with E-state index in [0.717, 1.165) is 17.6 Å². The van der Waals surface area contributed by atoms with Gasteiger partial charge in [0.2, 0.25) is 0 Å². The minimum Gasteiger partial charge on any atom is -0.0688 e. The largest absolute Gasteiger partial charge is 0.117 e. The lowest BCUT2D eigenvalue weighted by Gasteiger charge is -2.26. The van der Waals surface area contributed by atoms with Gasteiger partial charge in [0.1, 0.15) is 7.28 Å². The summed E-state index contributed by atoms with van der Waals surface area (Å²) < 4.78 is 0. The third-order valence-corrected chi connectivity index (χ3v) is 5.22. The van der Waals surface area contributed by atoms with Gasteiger partial charge in [0.15, 0.2) is 0 Å². The van der Waals surface area contributed by atoms with E-state index in [1.165, 1.54) is 83.5 Å². The van der Waals surface area contributed by atoms with Crippen LogP contribution in [0.15, 0.2) is 0 Å². The highest BCUT2D eigenvalue weighted by atomic mass is 14.2. The molecule has 0 N–H and O–H groups in total. The van der Waals surface area contributed by atoms with Gasteiger partial charge in [-0.25, -0.2) is 0 Å². The van der Waals surface area contributed by atoms with E-state index < -0.39 is 0 Å². The quantitative estimate of drug-likeness (QED) is 0.313. The van der Waals surface area contributed by atoms with Crippen molar-refractivity contribution in [2.24, 2.45) is 5.92 Å². The third-order valence-electron chi connectivity index (χ3n) is 5.22. The zero-order valence-electron chi connectivity index (χ0n) is 14.5. The summed E-state index contributed by atoms with van der Waals surface area (Å²) in [6, 6.07) is 0. The van der Waals surface area contributed by atoms with Crippen LogP contribution in [0.4, 0.5) is 0 Å². The molecule has 1 radical (unpaired) electrons. The summed E-state index contributed by atoms with van der Waals surface area (Å²) in [6.45, 7) is 7.16. The number of hydrogen-bond acceptors (Lipinski definition) is 0. The van der Waals surface area contributed by atoms with Crippen LogP contribution in [-0.2, 0) is 0 Å². The minimum atomic E-state index is 0.897. The number of unbranched alkanes of at least 4 members (excludes halogenated alkanes) is 4.